The Balaban J connectivity index is 0.000000369. The number of carbonyl (C=O) groups excluding carboxylic acids is 1. The summed E-state index contributed by atoms with van der Waals surface area (Å²) in [6, 6.07) is 5.71. The maximum Gasteiger partial charge on any atom is 0.336 e. The van der Waals surface area contributed by atoms with E-state index in [0.717, 1.165) is 5.56 Å². The molecule has 0 saturated carbocycles. The second-order valence-corrected chi connectivity index (χ2v) is 6.74. The van der Waals surface area contributed by atoms with E-state index >= 15 is 0 Å². The van der Waals surface area contributed by atoms with E-state index in [2.05, 4.69) is 34.3 Å². The molecule has 3 heterocycles. The van der Waals surface area contributed by atoms with Crippen molar-refractivity contribution >= 4 is 18.6 Å². The summed E-state index contributed by atoms with van der Waals surface area (Å²) >= 11 is 4.31. The van der Waals surface area contributed by atoms with E-state index in [1.807, 2.05) is 6.07 Å². The predicted molar refractivity (Wildman–Crippen MR) is 108 cm³/mol. The number of thiol groups is 1. The Kier molecular flexibility index (Phi) is 8.37. The zero-order valence-corrected chi connectivity index (χ0v) is 16.7. The first-order chi connectivity index (χ1) is 13.1. The Labute approximate surface area is 166 Å². The van der Waals surface area contributed by atoms with Gasteiger partial charge in [0.05, 0.1) is 34.8 Å². The molecule has 2 aliphatic rings. The van der Waals surface area contributed by atoms with Crippen LogP contribution in [0.1, 0.15) is 44.6 Å². The van der Waals surface area contributed by atoms with Crippen LogP contribution in [-0.4, -0.2) is 30.6 Å². The van der Waals surface area contributed by atoms with E-state index in [-0.39, 0.29) is 6.61 Å². The fourth-order valence-corrected chi connectivity index (χ4v) is 3.44. The van der Waals surface area contributed by atoms with Gasteiger partial charge in [0.15, 0.2) is 0 Å². The first-order valence-corrected chi connectivity index (χ1v) is 9.63. The van der Waals surface area contributed by atoms with Crippen molar-refractivity contribution in [2.75, 3.05) is 19.7 Å². The number of nitrogens with zero attached hydrogens (tertiary/aromatic N) is 2. The van der Waals surface area contributed by atoms with E-state index in [1.165, 1.54) is 32.4 Å². The molecule has 27 heavy (non-hydrogen) atoms. The molecule has 3 rings (SSSR count). The van der Waals surface area contributed by atoms with Gasteiger partial charge < -0.3 is 15.4 Å². The first kappa shape index (κ1) is 21.0. The minimum absolute atomic E-state index is 0.273. The zero-order chi connectivity index (χ0) is 19.6. The topological polar surface area (TPSA) is 87.0 Å². The van der Waals surface area contributed by atoms with Crippen molar-refractivity contribution in [3.63, 3.8) is 0 Å². The molecule has 1 aromatic heterocycles. The molecule has 0 amide bonds. The summed E-state index contributed by atoms with van der Waals surface area (Å²) in [5.74, 6) is -0.957. The minimum atomic E-state index is -0.517. The number of aromatic nitrogens is 1. The molecule has 7 heteroatoms. The summed E-state index contributed by atoms with van der Waals surface area (Å²) in [5.41, 5.74) is 2.18. The van der Waals surface area contributed by atoms with Crippen LogP contribution in [0.4, 0.5) is 0 Å². The highest BCUT2D eigenvalue weighted by molar-refractivity contribution is 7.84. The van der Waals surface area contributed by atoms with Gasteiger partial charge in [-0.1, -0.05) is 12.5 Å². The molecule has 6 nitrogen and oxygen atoms in total. The standard InChI is InChI=1S/C15H15N3O2S.C5H11N/c1-3-20-15(19)12-9(2)18-14(21)11(7-16)13(12)10-5-4-6-17-8-10;1-2-4-6-5-3-1/h4-6,8,13,18,21H,3H2,1-2H3;6H,1-5H2. The first-order valence-electron chi connectivity index (χ1n) is 9.18. The smallest absolute Gasteiger partial charge is 0.336 e. The number of allylic oxidation sites excluding steroid dienone is 2. The van der Waals surface area contributed by atoms with Crippen LogP contribution in [0.2, 0.25) is 0 Å². The van der Waals surface area contributed by atoms with E-state index in [4.69, 9.17) is 4.74 Å². The summed E-state index contributed by atoms with van der Waals surface area (Å²) in [6.07, 6.45) is 7.50. The number of nitriles is 1. The molecule has 0 spiro atoms. The number of dihydropyridines is 1. The zero-order valence-electron chi connectivity index (χ0n) is 15.8. The van der Waals surface area contributed by atoms with Crippen molar-refractivity contribution in [2.45, 2.75) is 39.0 Å². The molecule has 1 saturated heterocycles. The monoisotopic (exact) mass is 386 g/mol. The molecular formula is C20H26N4O2S. The van der Waals surface area contributed by atoms with Crippen LogP contribution in [0.3, 0.4) is 0 Å². The van der Waals surface area contributed by atoms with Gasteiger partial charge in [-0.05, 0) is 51.4 Å². The summed E-state index contributed by atoms with van der Waals surface area (Å²) in [5, 5.41) is 16.1. The van der Waals surface area contributed by atoms with Crippen molar-refractivity contribution < 1.29 is 9.53 Å². The molecule has 0 aromatic carbocycles. The van der Waals surface area contributed by atoms with Crippen molar-refractivity contribution in [3.05, 3.63) is 52.0 Å². The third kappa shape index (κ3) is 5.59. The maximum absolute atomic E-state index is 12.3. The Hall–Kier alpha value is -2.30. The van der Waals surface area contributed by atoms with Crippen LogP contribution >= 0.6 is 12.6 Å². The van der Waals surface area contributed by atoms with Crippen molar-refractivity contribution in [1.29, 1.82) is 5.26 Å². The van der Waals surface area contributed by atoms with Gasteiger partial charge in [0.25, 0.3) is 0 Å². The second-order valence-electron chi connectivity index (χ2n) is 6.29. The van der Waals surface area contributed by atoms with Crippen LogP contribution in [0, 0.1) is 11.3 Å². The predicted octanol–water partition coefficient (Wildman–Crippen LogP) is 3.03. The Bertz CT molecular complexity index is 737. The van der Waals surface area contributed by atoms with E-state index in [9.17, 15) is 10.1 Å². The Morgan fingerprint density at radius 1 is 1.41 bits per heavy atom. The van der Waals surface area contributed by atoms with Crippen molar-refractivity contribution in [1.82, 2.24) is 15.6 Å². The number of pyridine rings is 1. The molecule has 2 N–H and O–H groups in total. The summed E-state index contributed by atoms with van der Waals surface area (Å²) in [6.45, 7) is 6.28. The molecule has 0 radical (unpaired) electrons. The lowest BCUT2D eigenvalue weighted by Crippen LogP contribution is -2.28. The van der Waals surface area contributed by atoms with Gasteiger partial charge >= 0.3 is 5.97 Å². The van der Waals surface area contributed by atoms with Crippen LogP contribution in [0.25, 0.3) is 0 Å². The lowest BCUT2D eigenvalue weighted by Gasteiger charge is -2.27. The van der Waals surface area contributed by atoms with Gasteiger partial charge in [-0.2, -0.15) is 5.26 Å². The highest BCUT2D eigenvalue weighted by atomic mass is 32.1. The second kappa shape index (κ2) is 10.8. The number of carbonyl (C=O) groups is 1. The molecule has 1 atom stereocenters. The largest absolute Gasteiger partial charge is 0.463 e. The quantitative estimate of drug-likeness (QED) is 0.547. The van der Waals surface area contributed by atoms with Gasteiger partial charge in [0.2, 0.25) is 0 Å². The lowest BCUT2D eigenvalue weighted by atomic mass is 9.83. The highest BCUT2D eigenvalue weighted by Crippen LogP contribution is 2.38. The van der Waals surface area contributed by atoms with Gasteiger partial charge in [-0.3, -0.25) is 4.98 Å². The SMILES string of the molecule is C1CCNCC1.CCOC(=O)C1=C(C)NC(S)=C(C#N)C1c1cccnc1. The van der Waals surface area contributed by atoms with E-state index in [0.29, 0.717) is 21.9 Å². The summed E-state index contributed by atoms with van der Waals surface area (Å²) in [4.78, 5) is 16.3. The van der Waals surface area contributed by atoms with Gasteiger partial charge in [-0.15, -0.1) is 12.6 Å². The summed E-state index contributed by atoms with van der Waals surface area (Å²) < 4.78 is 5.12. The van der Waals surface area contributed by atoms with Crippen molar-refractivity contribution in [2.24, 2.45) is 0 Å². The van der Waals surface area contributed by atoms with Crippen LogP contribution in [0.5, 0.6) is 0 Å². The van der Waals surface area contributed by atoms with E-state index < -0.39 is 11.9 Å². The summed E-state index contributed by atoms with van der Waals surface area (Å²) in [7, 11) is 0. The number of hydrogen-bond acceptors (Lipinski definition) is 7. The molecular weight excluding hydrogens is 360 g/mol. The fraction of sp³-hybridized carbons (Fsp3) is 0.450. The molecule has 1 unspecified atom stereocenters. The lowest BCUT2D eigenvalue weighted by molar-refractivity contribution is -0.138. The van der Waals surface area contributed by atoms with Crippen LogP contribution in [-0.2, 0) is 9.53 Å². The Morgan fingerprint density at radius 2 is 2.15 bits per heavy atom. The molecule has 1 aromatic rings. The van der Waals surface area contributed by atoms with Gasteiger partial charge in [0.1, 0.15) is 0 Å². The average Bonchev–Trinajstić information content (AvgIpc) is 2.70. The number of esters is 1. The third-order valence-corrected chi connectivity index (χ3v) is 4.74. The number of nitrogens with one attached hydrogen (secondary N) is 2. The van der Waals surface area contributed by atoms with Crippen LogP contribution in [0.15, 0.2) is 46.4 Å². The normalized spacial score (nSPS) is 19.4. The van der Waals surface area contributed by atoms with Crippen LogP contribution < -0.4 is 10.6 Å². The number of hydrogen-bond donors (Lipinski definition) is 3. The van der Waals surface area contributed by atoms with Gasteiger partial charge in [0, 0.05) is 18.1 Å². The average molecular weight is 387 g/mol. The van der Waals surface area contributed by atoms with E-state index in [1.54, 1.807) is 32.3 Å². The number of piperidine rings is 1. The van der Waals surface area contributed by atoms with Crippen molar-refractivity contribution in [3.8, 4) is 6.07 Å². The maximum atomic E-state index is 12.3. The molecule has 2 aliphatic heterocycles. The Morgan fingerprint density at radius 3 is 2.63 bits per heavy atom. The third-order valence-electron chi connectivity index (χ3n) is 4.38. The number of ether oxygens (including phenoxy) is 1. The fourth-order valence-electron chi connectivity index (χ4n) is 3.09. The molecule has 0 aliphatic carbocycles. The minimum Gasteiger partial charge on any atom is -0.463 e. The number of rotatable bonds is 3. The molecule has 144 valence electrons. The highest BCUT2D eigenvalue weighted by Gasteiger charge is 2.34. The molecule has 1 fully saturated rings. The molecule has 0 bridgehead atoms. The van der Waals surface area contributed by atoms with Gasteiger partial charge in [-0.25, -0.2) is 4.79 Å².